The molecule has 0 unspecified atom stereocenters. The molecule has 0 saturated carbocycles. The van der Waals surface area contributed by atoms with Crippen LogP contribution in [0.4, 0.5) is 11.5 Å². The van der Waals surface area contributed by atoms with Gasteiger partial charge in [-0.1, -0.05) is 29.8 Å². The van der Waals surface area contributed by atoms with Crippen LogP contribution < -0.4 is 16.5 Å². The molecule has 3 rings (SSSR count). The van der Waals surface area contributed by atoms with E-state index in [1.165, 1.54) is 18.5 Å². The maximum Gasteiger partial charge on any atom is 0.271 e. The number of aromatic nitrogens is 2. The third-order valence-corrected chi connectivity index (χ3v) is 4.65. The number of anilines is 2. The maximum atomic E-state index is 12.6. The number of carbonyl (C=O) groups is 1. The summed E-state index contributed by atoms with van der Waals surface area (Å²) in [6, 6.07) is 10.6. The highest BCUT2D eigenvalue weighted by atomic mass is 35.5. The number of allylic oxidation sites excluding steroid dienone is 1. The monoisotopic (exact) mass is 434 g/mol. The Bertz CT molecular complexity index is 1230. The summed E-state index contributed by atoms with van der Waals surface area (Å²) in [6.45, 7) is 1.62. The normalized spacial score (nSPS) is 11.8. The van der Waals surface area contributed by atoms with E-state index in [0.29, 0.717) is 16.8 Å². The first kappa shape index (κ1) is 21.6. The molecule has 156 valence electrons. The van der Waals surface area contributed by atoms with E-state index < -0.39 is 5.91 Å². The van der Waals surface area contributed by atoms with Crippen LogP contribution in [0.25, 0.3) is 10.9 Å². The third-order valence-electron chi connectivity index (χ3n) is 4.36. The van der Waals surface area contributed by atoms with E-state index >= 15 is 0 Å². The molecule has 0 aliphatic rings. The number of hydrogen-bond acceptors (Lipinski definition) is 8. The van der Waals surface area contributed by atoms with Crippen LogP contribution in [0.15, 0.2) is 65.2 Å². The number of hydrogen-bond donors (Lipinski definition) is 5. The lowest BCUT2D eigenvalue weighted by Gasteiger charge is -2.12. The van der Waals surface area contributed by atoms with Gasteiger partial charge in [0, 0.05) is 28.9 Å². The fourth-order valence-electron chi connectivity index (χ4n) is 2.75. The molecule has 0 bridgehead atoms. The Morgan fingerprint density at radius 2 is 2.06 bits per heavy atom. The van der Waals surface area contributed by atoms with Gasteiger partial charge in [0.05, 0.1) is 34.3 Å². The van der Waals surface area contributed by atoms with Gasteiger partial charge in [-0.2, -0.15) is 5.10 Å². The molecule has 0 saturated heterocycles. The Morgan fingerprint density at radius 3 is 2.81 bits per heavy atom. The van der Waals surface area contributed by atoms with Crippen molar-refractivity contribution in [3.63, 3.8) is 0 Å². The van der Waals surface area contributed by atoms with Crippen molar-refractivity contribution in [2.24, 2.45) is 10.8 Å². The zero-order chi connectivity index (χ0) is 22.4. The van der Waals surface area contributed by atoms with E-state index in [2.05, 4.69) is 25.8 Å². The van der Waals surface area contributed by atoms with Crippen LogP contribution in [0.3, 0.4) is 0 Å². The second-order valence-corrected chi connectivity index (χ2v) is 6.76. The van der Waals surface area contributed by atoms with Gasteiger partial charge in [0.15, 0.2) is 5.82 Å². The summed E-state index contributed by atoms with van der Waals surface area (Å²) in [5, 5.41) is 22.8. The summed E-state index contributed by atoms with van der Waals surface area (Å²) < 4.78 is 0. The summed E-state index contributed by atoms with van der Waals surface area (Å²) in [4.78, 5) is 21.0. The van der Waals surface area contributed by atoms with E-state index in [4.69, 9.17) is 28.2 Å². The minimum atomic E-state index is -0.582. The molecule has 0 aliphatic heterocycles. The van der Waals surface area contributed by atoms with Gasteiger partial charge in [0.25, 0.3) is 5.91 Å². The van der Waals surface area contributed by atoms with Crippen LogP contribution in [-0.2, 0) is 4.79 Å². The number of fused-ring (bicyclic) bond motifs is 1. The molecule has 9 nitrogen and oxygen atoms in total. The van der Waals surface area contributed by atoms with Crippen molar-refractivity contribution in [1.29, 1.82) is 10.8 Å². The molecule has 2 aromatic heterocycles. The zero-order valence-electron chi connectivity index (χ0n) is 16.5. The Labute approximate surface area is 183 Å². The number of carbonyl (C=O) groups excluding carboxylic acids is 1. The first-order valence-electron chi connectivity index (χ1n) is 9.06. The Morgan fingerprint density at radius 1 is 1.26 bits per heavy atom. The van der Waals surface area contributed by atoms with E-state index in [-0.39, 0.29) is 22.2 Å². The summed E-state index contributed by atoms with van der Waals surface area (Å²) in [5.74, 6) is -0.315. The first-order chi connectivity index (χ1) is 14.9. The number of hydrazone groups is 1. The Balaban J connectivity index is 1.81. The molecule has 0 radical (unpaired) electrons. The summed E-state index contributed by atoms with van der Waals surface area (Å²) in [5.41, 5.74) is 10.7. The van der Waals surface area contributed by atoms with Crippen LogP contribution in [-0.4, -0.2) is 34.0 Å². The van der Waals surface area contributed by atoms with Crippen molar-refractivity contribution >= 4 is 58.1 Å². The van der Waals surface area contributed by atoms with Crippen LogP contribution in [0.1, 0.15) is 12.5 Å². The molecule has 0 atom stereocenters. The SMILES string of the molecule is C/C(C(=N)c1cccc2ncccc12)=C(/N)C(=O)Nc1cnc(N/N=C\C=N)c(Cl)c1. The molecule has 2 heterocycles. The van der Waals surface area contributed by atoms with E-state index in [1.54, 1.807) is 31.3 Å². The number of halogens is 1. The van der Waals surface area contributed by atoms with Crippen molar-refractivity contribution < 1.29 is 4.79 Å². The Hall–Kier alpha value is -4.11. The second-order valence-electron chi connectivity index (χ2n) is 6.35. The number of amides is 1. The van der Waals surface area contributed by atoms with Crippen molar-refractivity contribution in [3.8, 4) is 0 Å². The van der Waals surface area contributed by atoms with E-state index in [9.17, 15) is 4.79 Å². The van der Waals surface area contributed by atoms with Gasteiger partial charge in [-0.25, -0.2) is 4.98 Å². The zero-order valence-corrected chi connectivity index (χ0v) is 17.2. The molecule has 1 aromatic carbocycles. The van der Waals surface area contributed by atoms with Gasteiger partial charge < -0.3 is 16.5 Å². The minimum Gasteiger partial charge on any atom is -0.394 e. The van der Waals surface area contributed by atoms with Crippen molar-refractivity contribution in [1.82, 2.24) is 9.97 Å². The van der Waals surface area contributed by atoms with Gasteiger partial charge in [0.1, 0.15) is 5.70 Å². The fraction of sp³-hybridized carbons (Fsp3) is 0.0476. The molecule has 0 aliphatic carbocycles. The number of rotatable bonds is 7. The van der Waals surface area contributed by atoms with Gasteiger partial charge in [-0.3, -0.25) is 20.6 Å². The lowest BCUT2D eigenvalue weighted by molar-refractivity contribution is -0.112. The highest BCUT2D eigenvalue weighted by molar-refractivity contribution is 6.33. The number of nitrogens with two attached hydrogens (primary N) is 1. The van der Waals surface area contributed by atoms with Gasteiger partial charge in [-0.15, -0.1) is 0 Å². The molecule has 3 aromatic rings. The van der Waals surface area contributed by atoms with Crippen molar-refractivity contribution in [2.75, 3.05) is 10.7 Å². The summed E-state index contributed by atoms with van der Waals surface area (Å²) >= 11 is 6.13. The quantitative estimate of drug-likeness (QED) is 0.218. The first-order valence-corrected chi connectivity index (χ1v) is 9.44. The van der Waals surface area contributed by atoms with Crippen molar-refractivity contribution in [3.05, 3.63) is 70.6 Å². The molecule has 0 spiro atoms. The standard InChI is InChI=1S/C21H19ClN8O/c1-12(18(24)15-4-2-6-17-14(15)5-3-8-26-17)19(25)21(31)29-13-10-16(22)20(27-11-13)30-28-9-7-23/h2-11,23-24H,25H2,1H3,(H,27,30)(H,29,31)/b19-12-,23-7?,24-18?,28-9-. The Kier molecular flexibility index (Phi) is 6.68. The smallest absolute Gasteiger partial charge is 0.271 e. The summed E-state index contributed by atoms with van der Waals surface area (Å²) in [7, 11) is 0. The number of benzene rings is 1. The molecular formula is C21H19ClN8O. The molecule has 31 heavy (non-hydrogen) atoms. The van der Waals surface area contributed by atoms with E-state index in [1.807, 2.05) is 12.1 Å². The highest BCUT2D eigenvalue weighted by Gasteiger charge is 2.16. The van der Waals surface area contributed by atoms with Crippen LogP contribution in [0.5, 0.6) is 0 Å². The van der Waals surface area contributed by atoms with Gasteiger partial charge >= 0.3 is 0 Å². The summed E-state index contributed by atoms with van der Waals surface area (Å²) in [6.07, 6.45) is 5.29. The van der Waals surface area contributed by atoms with Gasteiger partial charge in [-0.05, 0) is 25.1 Å². The fourth-order valence-corrected chi connectivity index (χ4v) is 2.96. The number of nitrogens with zero attached hydrogens (tertiary/aromatic N) is 3. The van der Waals surface area contributed by atoms with Gasteiger partial charge in [0.2, 0.25) is 0 Å². The minimum absolute atomic E-state index is 0.0974. The molecule has 1 amide bonds. The molecular weight excluding hydrogens is 416 g/mol. The topological polar surface area (TPSA) is 153 Å². The second kappa shape index (κ2) is 9.59. The van der Waals surface area contributed by atoms with Crippen LogP contribution in [0, 0.1) is 10.8 Å². The average Bonchev–Trinajstić information content (AvgIpc) is 2.78. The van der Waals surface area contributed by atoms with Crippen molar-refractivity contribution in [2.45, 2.75) is 6.92 Å². The molecule has 10 heteroatoms. The predicted molar refractivity (Wildman–Crippen MR) is 124 cm³/mol. The highest BCUT2D eigenvalue weighted by Crippen LogP contribution is 2.24. The van der Waals surface area contributed by atoms with Crippen LogP contribution in [0.2, 0.25) is 5.02 Å². The van der Waals surface area contributed by atoms with Crippen LogP contribution >= 0.6 is 11.6 Å². The third kappa shape index (κ3) is 4.90. The predicted octanol–water partition coefficient (Wildman–Crippen LogP) is 3.57. The average molecular weight is 435 g/mol. The number of pyridine rings is 2. The maximum absolute atomic E-state index is 12.6. The molecule has 6 N–H and O–H groups in total. The lowest BCUT2D eigenvalue weighted by atomic mass is 9.98. The largest absolute Gasteiger partial charge is 0.394 e. The molecule has 0 fully saturated rings. The number of nitrogens with one attached hydrogen (secondary N) is 4. The lowest BCUT2D eigenvalue weighted by Crippen LogP contribution is -2.24. The van der Waals surface area contributed by atoms with E-state index in [0.717, 1.165) is 17.1 Å².